The maximum absolute atomic E-state index is 12.0. The Morgan fingerprint density at radius 1 is 1.20 bits per heavy atom. The molecule has 20 heavy (non-hydrogen) atoms. The van der Waals surface area contributed by atoms with Crippen LogP contribution in [0.4, 0.5) is 13.2 Å². The van der Waals surface area contributed by atoms with Gasteiger partial charge in [-0.2, -0.15) is 18.4 Å². The van der Waals surface area contributed by atoms with Gasteiger partial charge in [0.25, 0.3) is 0 Å². The lowest BCUT2D eigenvalue weighted by Gasteiger charge is -2.17. The lowest BCUT2D eigenvalue weighted by molar-refractivity contribution is -0.137. The van der Waals surface area contributed by atoms with Crippen molar-refractivity contribution in [1.29, 1.82) is 5.26 Å². The summed E-state index contributed by atoms with van der Waals surface area (Å²) in [5.41, 5.74) is 0.905. The van der Waals surface area contributed by atoms with Crippen molar-refractivity contribution in [1.82, 2.24) is 4.90 Å². The summed E-state index contributed by atoms with van der Waals surface area (Å²) >= 11 is 0. The number of halogens is 3. The minimum Gasteiger partial charge on any atom is -0.492 e. The standard InChI is InChI=1S/C14H17F3N2O/c1-19(9-7-14(15,16)17)10-11-20-13-4-2-12(3-5-13)6-8-18/h2-5H,6-7,9-11H2,1H3. The van der Waals surface area contributed by atoms with Gasteiger partial charge in [-0.3, -0.25) is 0 Å². The number of nitrogens with zero attached hydrogens (tertiary/aromatic N) is 2. The van der Waals surface area contributed by atoms with E-state index in [4.69, 9.17) is 10.00 Å². The molecule has 1 aromatic rings. The third-order valence-corrected chi connectivity index (χ3v) is 2.73. The highest BCUT2D eigenvalue weighted by atomic mass is 19.4. The maximum atomic E-state index is 12.0. The summed E-state index contributed by atoms with van der Waals surface area (Å²) in [5.74, 6) is 0.649. The summed E-state index contributed by atoms with van der Waals surface area (Å²) in [4.78, 5) is 1.58. The van der Waals surface area contributed by atoms with Gasteiger partial charge in [0.1, 0.15) is 12.4 Å². The highest BCUT2D eigenvalue weighted by Crippen LogP contribution is 2.19. The van der Waals surface area contributed by atoms with E-state index in [0.29, 0.717) is 25.3 Å². The average Bonchev–Trinajstić information content (AvgIpc) is 2.38. The van der Waals surface area contributed by atoms with Crippen LogP contribution >= 0.6 is 0 Å². The van der Waals surface area contributed by atoms with E-state index in [2.05, 4.69) is 0 Å². The molecule has 0 fully saturated rings. The van der Waals surface area contributed by atoms with Crippen LogP contribution < -0.4 is 4.74 Å². The van der Waals surface area contributed by atoms with Crippen molar-refractivity contribution in [2.45, 2.75) is 19.0 Å². The predicted octanol–water partition coefficient (Wildman–Crippen LogP) is 3.02. The first-order valence-corrected chi connectivity index (χ1v) is 6.25. The highest BCUT2D eigenvalue weighted by Gasteiger charge is 2.26. The second kappa shape index (κ2) is 7.75. The summed E-state index contributed by atoms with van der Waals surface area (Å²) in [7, 11) is 1.63. The number of benzene rings is 1. The van der Waals surface area contributed by atoms with E-state index in [9.17, 15) is 13.2 Å². The molecule has 0 aromatic heterocycles. The van der Waals surface area contributed by atoms with Crippen LogP contribution in [0.2, 0.25) is 0 Å². The summed E-state index contributed by atoms with van der Waals surface area (Å²) in [6, 6.07) is 9.15. The molecule has 0 radical (unpaired) electrons. The number of alkyl halides is 3. The van der Waals surface area contributed by atoms with Crippen molar-refractivity contribution in [2.75, 3.05) is 26.7 Å². The van der Waals surface area contributed by atoms with E-state index >= 15 is 0 Å². The van der Waals surface area contributed by atoms with Crippen LogP contribution in [0.1, 0.15) is 12.0 Å². The Balaban J connectivity index is 2.25. The van der Waals surface area contributed by atoms with Gasteiger partial charge in [0, 0.05) is 13.1 Å². The third kappa shape index (κ3) is 7.00. The first-order chi connectivity index (χ1) is 9.40. The second-order valence-electron chi connectivity index (χ2n) is 4.50. The van der Waals surface area contributed by atoms with E-state index in [1.165, 1.54) is 0 Å². The Bertz CT molecular complexity index is 437. The van der Waals surface area contributed by atoms with Gasteiger partial charge in [-0.05, 0) is 24.7 Å². The molecule has 0 unspecified atom stereocenters. The Morgan fingerprint density at radius 2 is 1.85 bits per heavy atom. The van der Waals surface area contributed by atoms with Gasteiger partial charge in [0.2, 0.25) is 0 Å². The minimum absolute atomic E-state index is 0.0338. The third-order valence-electron chi connectivity index (χ3n) is 2.73. The van der Waals surface area contributed by atoms with E-state index in [-0.39, 0.29) is 6.54 Å². The van der Waals surface area contributed by atoms with Crippen LogP contribution in [0.25, 0.3) is 0 Å². The number of likely N-dealkylation sites (N-methyl/N-ethyl adjacent to an activating group) is 1. The topological polar surface area (TPSA) is 36.3 Å². The fraction of sp³-hybridized carbons (Fsp3) is 0.500. The molecule has 0 aliphatic heterocycles. The maximum Gasteiger partial charge on any atom is 0.390 e. The van der Waals surface area contributed by atoms with Gasteiger partial charge < -0.3 is 9.64 Å². The first-order valence-electron chi connectivity index (χ1n) is 6.25. The molecule has 0 saturated heterocycles. The van der Waals surface area contributed by atoms with Crippen molar-refractivity contribution in [3.05, 3.63) is 29.8 Å². The van der Waals surface area contributed by atoms with Crippen molar-refractivity contribution >= 4 is 0 Å². The van der Waals surface area contributed by atoms with Crippen molar-refractivity contribution < 1.29 is 17.9 Å². The molecule has 6 heteroatoms. The monoisotopic (exact) mass is 286 g/mol. The van der Waals surface area contributed by atoms with Gasteiger partial charge in [-0.15, -0.1) is 0 Å². The molecule has 0 spiro atoms. The molecule has 3 nitrogen and oxygen atoms in total. The summed E-state index contributed by atoms with van der Waals surface area (Å²) < 4.78 is 41.5. The molecular weight excluding hydrogens is 269 g/mol. The minimum atomic E-state index is -4.12. The summed E-state index contributed by atoms with van der Waals surface area (Å²) in [6.07, 6.45) is -4.58. The van der Waals surface area contributed by atoms with E-state index in [1.807, 2.05) is 6.07 Å². The highest BCUT2D eigenvalue weighted by molar-refractivity contribution is 5.28. The molecule has 0 N–H and O–H groups in total. The Morgan fingerprint density at radius 3 is 2.40 bits per heavy atom. The van der Waals surface area contributed by atoms with Crippen LogP contribution in [0.15, 0.2) is 24.3 Å². The zero-order valence-electron chi connectivity index (χ0n) is 11.3. The van der Waals surface area contributed by atoms with Crippen LogP contribution in [0, 0.1) is 11.3 Å². The second-order valence-corrected chi connectivity index (χ2v) is 4.50. The SMILES string of the molecule is CN(CCOc1ccc(CC#N)cc1)CCC(F)(F)F. The number of ether oxygens (including phenoxy) is 1. The Labute approximate surface area is 116 Å². The molecule has 1 aromatic carbocycles. The zero-order chi connectivity index (χ0) is 15.0. The molecule has 0 aliphatic carbocycles. The molecule has 0 saturated carbocycles. The molecule has 110 valence electrons. The van der Waals surface area contributed by atoms with Gasteiger partial charge >= 0.3 is 6.18 Å². The van der Waals surface area contributed by atoms with Crippen LogP contribution in [-0.2, 0) is 6.42 Å². The summed E-state index contributed by atoms with van der Waals surface area (Å²) in [5, 5.41) is 8.53. The molecule has 0 bridgehead atoms. The van der Waals surface area contributed by atoms with Crippen LogP contribution in [0.3, 0.4) is 0 Å². The van der Waals surface area contributed by atoms with Gasteiger partial charge in [0.15, 0.2) is 0 Å². The van der Waals surface area contributed by atoms with Crippen molar-refractivity contribution in [2.24, 2.45) is 0 Å². The Kier molecular flexibility index (Phi) is 6.32. The molecule has 0 amide bonds. The Hall–Kier alpha value is -1.74. The molecule has 1 rings (SSSR count). The first kappa shape index (κ1) is 16.3. The summed E-state index contributed by atoms with van der Waals surface area (Å²) in [6.45, 7) is 0.718. The smallest absolute Gasteiger partial charge is 0.390 e. The van der Waals surface area contributed by atoms with Crippen molar-refractivity contribution in [3.8, 4) is 11.8 Å². The molecule has 0 heterocycles. The van der Waals surface area contributed by atoms with Crippen LogP contribution in [0.5, 0.6) is 5.75 Å². The van der Waals surface area contributed by atoms with Gasteiger partial charge in [-0.25, -0.2) is 0 Å². The molecule has 0 aliphatic rings. The molecule has 0 atom stereocenters. The quantitative estimate of drug-likeness (QED) is 0.773. The average molecular weight is 286 g/mol. The van der Waals surface area contributed by atoms with E-state index in [0.717, 1.165) is 5.56 Å². The fourth-order valence-corrected chi connectivity index (χ4v) is 1.54. The number of rotatable bonds is 7. The van der Waals surface area contributed by atoms with Crippen LogP contribution in [-0.4, -0.2) is 37.8 Å². The number of hydrogen-bond acceptors (Lipinski definition) is 3. The van der Waals surface area contributed by atoms with Gasteiger partial charge in [0.05, 0.1) is 18.9 Å². The predicted molar refractivity (Wildman–Crippen MR) is 69.4 cm³/mol. The fourth-order valence-electron chi connectivity index (χ4n) is 1.54. The largest absolute Gasteiger partial charge is 0.492 e. The zero-order valence-corrected chi connectivity index (χ0v) is 11.3. The van der Waals surface area contributed by atoms with E-state index < -0.39 is 12.6 Å². The number of nitriles is 1. The lowest BCUT2D eigenvalue weighted by atomic mass is 10.2. The number of hydrogen-bond donors (Lipinski definition) is 0. The lowest BCUT2D eigenvalue weighted by Crippen LogP contribution is -2.28. The van der Waals surface area contributed by atoms with E-state index in [1.54, 1.807) is 36.2 Å². The van der Waals surface area contributed by atoms with Crippen molar-refractivity contribution in [3.63, 3.8) is 0 Å². The normalized spacial score (nSPS) is 11.4. The van der Waals surface area contributed by atoms with Gasteiger partial charge in [-0.1, -0.05) is 12.1 Å². The molecular formula is C14H17F3N2O.